The van der Waals surface area contributed by atoms with Crippen molar-refractivity contribution < 1.29 is 24.2 Å². The first-order valence-corrected chi connectivity index (χ1v) is 11.1. The first kappa shape index (κ1) is 24.6. The van der Waals surface area contributed by atoms with Crippen molar-refractivity contribution in [2.45, 2.75) is 13.5 Å². The van der Waals surface area contributed by atoms with Crippen molar-refractivity contribution in [3.63, 3.8) is 0 Å². The zero-order valence-corrected chi connectivity index (χ0v) is 19.8. The number of aromatic carboxylic acids is 1. The van der Waals surface area contributed by atoms with Crippen LogP contribution in [0.15, 0.2) is 76.8 Å². The Kier molecular flexibility index (Phi) is 8.43. The molecule has 172 valence electrons. The third-order valence-electron chi connectivity index (χ3n) is 4.63. The second-order valence-corrected chi connectivity index (χ2v) is 7.89. The molecule has 3 aromatic carbocycles. The molecule has 0 aromatic heterocycles. The van der Waals surface area contributed by atoms with E-state index < -0.39 is 11.9 Å². The van der Waals surface area contributed by atoms with E-state index >= 15 is 0 Å². The van der Waals surface area contributed by atoms with Crippen molar-refractivity contribution in [2.24, 2.45) is 0 Å². The van der Waals surface area contributed by atoms with Gasteiger partial charge in [0.15, 0.2) is 11.5 Å². The number of hydrogen-bond donors (Lipinski definition) is 2. The minimum Gasteiger partial charge on any atom is -0.490 e. The summed E-state index contributed by atoms with van der Waals surface area (Å²) in [5.74, 6) is -0.795. The lowest BCUT2D eigenvalue weighted by Gasteiger charge is -2.14. The lowest BCUT2D eigenvalue weighted by atomic mass is 10.1. The molecule has 3 rings (SSSR count). The molecule has 0 bridgehead atoms. The maximum atomic E-state index is 12.7. The van der Waals surface area contributed by atoms with E-state index in [0.29, 0.717) is 34.7 Å². The molecule has 1 amide bonds. The predicted molar refractivity (Wildman–Crippen MR) is 132 cm³/mol. The molecule has 7 nitrogen and oxygen atoms in total. The molecule has 0 unspecified atom stereocenters. The van der Waals surface area contributed by atoms with E-state index in [-0.39, 0.29) is 16.8 Å². The van der Waals surface area contributed by atoms with E-state index in [9.17, 15) is 14.9 Å². The highest BCUT2D eigenvalue weighted by atomic mass is 79.9. The minimum atomic E-state index is -1.12. The summed E-state index contributed by atoms with van der Waals surface area (Å²) in [5.41, 5.74) is 1.67. The molecule has 0 heterocycles. The summed E-state index contributed by atoms with van der Waals surface area (Å²) >= 11 is 3.47. The number of carbonyl (C=O) groups is 2. The average Bonchev–Trinajstić information content (AvgIpc) is 2.84. The first-order valence-electron chi connectivity index (χ1n) is 10.3. The summed E-state index contributed by atoms with van der Waals surface area (Å²) < 4.78 is 12.2. The van der Waals surface area contributed by atoms with Gasteiger partial charge in [-0.1, -0.05) is 52.3 Å². The van der Waals surface area contributed by atoms with Crippen LogP contribution in [0.3, 0.4) is 0 Å². The molecule has 34 heavy (non-hydrogen) atoms. The van der Waals surface area contributed by atoms with Gasteiger partial charge in [0, 0.05) is 10.2 Å². The standard InChI is InChI=1S/C26H21BrN2O5/c1-2-33-23-13-19(22(27)14-24(23)34-16-17-7-4-3-5-8-17)11-20(15-28)25(30)29-21-10-6-9-18(12-21)26(31)32/h3-14H,2,16H2,1H3,(H,29,30)(H,31,32)/b20-11-. The van der Waals surface area contributed by atoms with Crippen molar-refractivity contribution in [1.82, 2.24) is 0 Å². The van der Waals surface area contributed by atoms with Crippen molar-refractivity contribution >= 4 is 39.6 Å². The minimum absolute atomic E-state index is 0.0236. The molecule has 0 aliphatic rings. The van der Waals surface area contributed by atoms with Gasteiger partial charge < -0.3 is 19.9 Å². The number of ether oxygens (including phenoxy) is 2. The van der Waals surface area contributed by atoms with E-state index in [4.69, 9.17) is 14.6 Å². The molecule has 0 aliphatic heterocycles. The van der Waals surface area contributed by atoms with E-state index in [1.807, 2.05) is 43.3 Å². The predicted octanol–water partition coefficient (Wildman–Crippen LogP) is 5.67. The van der Waals surface area contributed by atoms with Crippen molar-refractivity contribution in [1.29, 1.82) is 5.26 Å². The molecular formula is C26H21BrN2O5. The van der Waals surface area contributed by atoms with Gasteiger partial charge in [-0.15, -0.1) is 0 Å². The number of halogens is 1. The zero-order valence-electron chi connectivity index (χ0n) is 18.2. The van der Waals surface area contributed by atoms with Crippen LogP contribution in [-0.4, -0.2) is 23.6 Å². The summed E-state index contributed by atoms with van der Waals surface area (Å²) in [6.07, 6.45) is 1.42. The molecule has 0 aliphatic carbocycles. The van der Waals surface area contributed by atoms with Crippen LogP contribution < -0.4 is 14.8 Å². The molecule has 0 atom stereocenters. The number of carboxylic acids is 1. The van der Waals surface area contributed by atoms with Gasteiger partial charge in [0.05, 0.1) is 12.2 Å². The van der Waals surface area contributed by atoms with Crippen LogP contribution in [0.4, 0.5) is 5.69 Å². The van der Waals surface area contributed by atoms with Gasteiger partial charge in [0.1, 0.15) is 18.2 Å². The van der Waals surface area contributed by atoms with Crippen molar-refractivity contribution in [3.05, 3.63) is 93.5 Å². The Hall–Kier alpha value is -4.09. The van der Waals surface area contributed by atoms with E-state index in [2.05, 4.69) is 21.2 Å². The number of amides is 1. The summed E-state index contributed by atoms with van der Waals surface area (Å²) in [6.45, 7) is 2.60. The first-order chi connectivity index (χ1) is 16.4. The van der Waals surface area contributed by atoms with Crippen LogP contribution in [0.25, 0.3) is 6.08 Å². The number of nitrogens with zero attached hydrogens (tertiary/aromatic N) is 1. The monoisotopic (exact) mass is 520 g/mol. The molecule has 0 saturated carbocycles. The van der Waals surface area contributed by atoms with Crippen LogP contribution >= 0.6 is 15.9 Å². The van der Waals surface area contributed by atoms with Crippen LogP contribution in [0.2, 0.25) is 0 Å². The fourth-order valence-electron chi connectivity index (χ4n) is 3.01. The van der Waals surface area contributed by atoms with Crippen LogP contribution in [-0.2, 0) is 11.4 Å². The fraction of sp³-hybridized carbons (Fsp3) is 0.115. The Bertz CT molecular complexity index is 1270. The zero-order chi connectivity index (χ0) is 24.5. The molecule has 2 N–H and O–H groups in total. The highest BCUT2D eigenvalue weighted by Gasteiger charge is 2.15. The number of rotatable bonds is 9. The van der Waals surface area contributed by atoms with Gasteiger partial charge in [-0.05, 0) is 54.5 Å². The van der Waals surface area contributed by atoms with Crippen LogP contribution in [0.1, 0.15) is 28.4 Å². The number of benzene rings is 3. The number of anilines is 1. The fourth-order valence-corrected chi connectivity index (χ4v) is 3.45. The Morgan fingerprint density at radius 2 is 1.79 bits per heavy atom. The lowest BCUT2D eigenvalue weighted by molar-refractivity contribution is -0.112. The Morgan fingerprint density at radius 1 is 1.06 bits per heavy atom. The maximum Gasteiger partial charge on any atom is 0.335 e. The van der Waals surface area contributed by atoms with Gasteiger partial charge in [-0.25, -0.2) is 4.79 Å². The summed E-state index contributed by atoms with van der Waals surface area (Å²) in [6, 6.07) is 20.8. The second-order valence-electron chi connectivity index (χ2n) is 7.04. The molecule has 8 heteroatoms. The van der Waals surface area contributed by atoms with E-state index in [1.165, 1.54) is 24.3 Å². The summed E-state index contributed by atoms with van der Waals surface area (Å²) in [4.78, 5) is 23.8. The average molecular weight is 521 g/mol. The molecule has 0 saturated heterocycles. The Labute approximate surface area is 205 Å². The third kappa shape index (κ3) is 6.47. The van der Waals surface area contributed by atoms with E-state index in [1.54, 1.807) is 18.2 Å². The van der Waals surface area contributed by atoms with E-state index in [0.717, 1.165) is 5.56 Å². The van der Waals surface area contributed by atoms with Crippen molar-refractivity contribution in [3.8, 4) is 17.6 Å². The Morgan fingerprint density at radius 3 is 2.47 bits per heavy atom. The number of nitrogens with one attached hydrogen (secondary N) is 1. The van der Waals surface area contributed by atoms with Gasteiger partial charge in [-0.2, -0.15) is 5.26 Å². The highest BCUT2D eigenvalue weighted by molar-refractivity contribution is 9.10. The highest BCUT2D eigenvalue weighted by Crippen LogP contribution is 2.35. The van der Waals surface area contributed by atoms with Crippen molar-refractivity contribution in [2.75, 3.05) is 11.9 Å². The summed E-state index contributed by atoms with van der Waals surface area (Å²) in [7, 11) is 0. The van der Waals surface area contributed by atoms with Crippen LogP contribution in [0.5, 0.6) is 11.5 Å². The number of nitriles is 1. The normalized spacial score (nSPS) is 10.8. The van der Waals surface area contributed by atoms with Gasteiger partial charge >= 0.3 is 5.97 Å². The number of hydrogen-bond acceptors (Lipinski definition) is 5. The smallest absolute Gasteiger partial charge is 0.335 e. The molecule has 3 aromatic rings. The second kappa shape index (κ2) is 11.7. The topological polar surface area (TPSA) is 109 Å². The van der Waals surface area contributed by atoms with Gasteiger partial charge in [0.25, 0.3) is 5.91 Å². The Balaban J connectivity index is 1.85. The lowest BCUT2D eigenvalue weighted by Crippen LogP contribution is -2.14. The molecule has 0 spiro atoms. The molecule has 0 radical (unpaired) electrons. The molecule has 0 fully saturated rings. The quantitative estimate of drug-likeness (QED) is 0.278. The maximum absolute atomic E-state index is 12.7. The number of carboxylic acid groups (broad SMARTS) is 1. The third-order valence-corrected chi connectivity index (χ3v) is 5.32. The molecular weight excluding hydrogens is 500 g/mol. The SMILES string of the molecule is CCOc1cc(/C=C(/C#N)C(=O)Nc2cccc(C(=O)O)c2)c(Br)cc1OCc1ccccc1. The number of carbonyl (C=O) groups excluding carboxylic acids is 1. The van der Waals surface area contributed by atoms with Gasteiger partial charge in [0.2, 0.25) is 0 Å². The largest absolute Gasteiger partial charge is 0.490 e. The van der Waals surface area contributed by atoms with Crippen LogP contribution in [0, 0.1) is 11.3 Å². The van der Waals surface area contributed by atoms with Gasteiger partial charge in [-0.3, -0.25) is 4.79 Å². The summed E-state index contributed by atoms with van der Waals surface area (Å²) in [5, 5.41) is 21.2.